The number of hydrogen-bond acceptors (Lipinski definition) is 0. The zero-order chi connectivity index (χ0) is 29.8. The molecule has 0 saturated heterocycles. The van der Waals surface area contributed by atoms with Crippen molar-refractivity contribution in [3.63, 3.8) is 0 Å². The number of hydrogen-bond donors (Lipinski definition) is 0. The van der Waals surface area contributed by atoms with Gasteiger partial charge in [-0.15, -0.1) is 0 Å². The molecular weight excluding hydrogens is 516 g/mol. The van der Waals surface area contributed by atoms with Crippen LogP contribution in [0.25, 0.3) is 28.3 Å². The predicted octanol–water partition coefficient (Wildman–Crippen LogP) is 11.9. The summed E-state index contributed by atoms with van der Waals surface area (Å²) in [6.45, 7) is 15.8. The van der Waals surface area contributed by atoms with Gasteiger partial charge in [0.05, 0.1) is 0 Å². The minimum Gasteiger partial charge on any atom is -0.0998 e. The fourth-order valence-electron chi connectivity index (χ4n) is 9.25. The van der Waals surface area contributed by atoms with Gasteiger partial charge in [-0.2, -0.15) is 0 Å². The Kier molecular flexibility index (Phi) is 7.61. The van der Waals surface area contributed by atoms with Crippen molar-refractivity contribution in [3.05, 3.63) is 111 Å². The molecule has 2 fully saturated rings. The second-order valence-corrected chi connectivity index (χ2v) is 15.0. The Morgan fingerprint density at radius 3 is 2.26 bits per heavy atom. The van der Waals surface area contributed by atoms with E-state index in [1.54, 1.807) is 16.7 Å². The molecule has 0 heteroatoms. The lowest BCUT2D eigenvalue weighted by Crippen LogP contribution is -2.21. The molecule has 0 amide bonds. The van der Waals surface area contributed by atoms with Crippen molar-refractivity contribution in [2.75, 3.05) is 0 Å². The van der Waals surface area contributed by atoms with Crippen LogP contribution in [0, 0.1) is 37.5 Å². The summed E-state index contributed by atoms with van der Waals surface area (Å²) in [7, 11) is 0. The van der Waals surface area contributed by atoms with Gasteiger partial charge in [0.1, 0.15) is 0 Å². The van der Waals surface area contributed by atoms with E-state index in [1.165, 1.54) is 101 Å². The first-order chi connectivity index (χ1) is 20.7. The average Bonchev–Trinajstić information content (AvgIpc) is 3.71. The van der Waals surface area contributed by atoms with Crippen LogP contribution in [0.5, 0.6) is 0 Å². The average molecular weight is 567 g/mol. The topological polar surface area (TPSA) is 0 Å². The largest absolute Gasteiger partial charge is 0.0998 e. The third kappa shape index (κ3) is 5.41. The monoisotopic (exact) mass is 566 g/mol. The molecule has 0 heterocycles. The zero-order valence-electron chi connectivity index (χ0n) is 27.2. The second kappa shape index (κ2) is 11.4. The summed E-state index contributed by atoms with van der Waals surface area (Å²) in [4.78, 5) is 0. The number of benzene rings is 3. The Balaban J connectivity index is 1.17. The van der Waals surface area contributed by atoms with Gasteiger partial charge in [-0.1, -0.05) is 92.6 Å². The lowest BCUT2D eigenvalue weighted by molar-refractivity contribution is 0.226. The molecule has 0 spiro atoms. The molecule has 0 aliphatic heterocycles. The highest BCUT2D eigenvalue weighted by Crippen LogP contribution is 2.50. The molecule has 0 bridgehead atoms. The number of fused-ring (bicyclic) bond motifs is 2. The van der Waals surface area contributed by atoms with Gasteiger partial charge in [-0.25, -0.2) is 0 Å². The van der Waals surface area contributed by atoms with Gasteiger partial charge in [0.25, 0.3) is 0 Å². The fraction of sp³-hybridized carbons (Fsp3) is 0.442. The first-order valence-corrected chi connectivity index (χ1v) is 17.2. The van der Waals surface area contributed by atoms with Gasteiger partial charge < -0.3 is 0 Å². The van der Waals surface area contributed by atoms with Crippen molar-refractivity contribution in [1.29, 1.82) is 0 Å². The summed E-state index contributed by atoms with van der Waals surface area (Å²) >= 11 is 0. The van der Waals surface area contributed by atoms with Crippen LogP contribution in [0.2, 0.25) is 0 Å². The first kappa shape index (κ1) is 28.6. The minimum absolute atomic E-state index is 0.530. The van der Waals surface area contributed by atoms with Crippen molar-refractivity contribution in [2.45, 2.75) is 98.3 Å². The number of rotatable bonds is 6. The maximum atomic E-state index is 4.29. The van der Waals surface area contributed by atoms with Crippen LogP contribution in [0.3, 0.4) is 0 Å². The molecule has 3 aromatic carbocycles. The van der Waals surface area contributed by atoms with Crippen LogP contribution in [-0.2, 0) is 12.8 Å². The SMILES string of the molecule is C=C(C)Cc1c(C)cc2c(c1-c1ccc(C)cc1)CC(c1ccc3c(c1)C(C1CCC([C@H]4CCC(C)C4)CC1)=CC3C)=C2. The van der Waals surface area contributed by atoms with Gasteiger partial charge in [0, 0.05) is 5.92 Å². The fourth-order valence-corrected chi connectivity index (χ4v) is 9.25. The third-order valence-electron chi connectivity index (χ3n) is 11.6. The Labute approximate surface area is 261 Å². The minimum atomic E-state index is 0.530. The van der Waals surface area contributed by atoms with Gasteiger partial charge in [-0.3, -0.25) is 0 Å². The van der Waals surface area contributed by atoms with Crippen molar-refractivity contribution >= 4 is 17.2 Å². The molecule has 4 aliphatic carbocycles. The highest BCUT2D eigenvalue weighted by Gasteiger charge is 2.35. The smallest absolute Gasteiger partial charge is 0.000174 e. The molecule has 0 N–H and O–H groups in total. The van der Waals surface area contributed by atoms with E-state index in [0.717, 1.165) is 36.5 Å². The van der Waals surface area contributed by atoms with Gasteiger partial charge in [0.2, 0.25) is 0 Å². The Hall–Kier alpha value is -3.12. The molecule has 43 heavy (non-hydrogen) atoms. The summed E-state index contributed by atoms with van der Waals surface area (Å²) in [5, 5.41) is 0. The van der Waals surface area contributed by atoms with E-state index < -0.39 is 0 Å². The van der Waals surface area contributed by atoms with Crippen LogP contribution >= 0.6 is 0 Å². The number of allylic oxidation sites excluding steroid dienone is 4. The molecule has 2 unspecified atom stereocenters. The van der Waals surface area contributed by atoms with Crippen LogP contribution in [0.4, 0.5) is 0 Å². The van der Waals surface area contributed by atoms with Crippen LogP contribution in [0.15, 0.2) is 66.8 Å². The van der Waals surface area contributed by atoms with E-state index in [2.05, 4.69) is 102 Å². The maximum absolute atomic E-state index is 4.29. The maximum Gasteiger partial charge on any atom is 0.000174 e. The van der Waals surface area contributed by atoms with Gasteiger partial charge >= 0.3 is 0 Å². The predicted molar refractivity (Wildman–Crippen MR) is 186 cm³/mol. The first-order valence-electron chi connectivity index (χ1n) is 17.2. The summed E-state index contributed by atoms with van der Waals surface area (Å²) in [6.07, 6.45) is 17.1. The normalized spacial score (nSPS) is 26.2. The summed E-state index contributed by atoms with van der Waals surface area (Å²) < 4.78 is 0. The Morgan fingerprint density at radius 2 is 1.56 bits per heavy atom. The second-order valence-electron chi connectivity index (χ2n) is 15.0. The lowest BCUT2D eigenvalue weighted by Gasteiger charge is -2.33. The molecule has 3 aromatic rings. The highest BCUT2D eigenvalue weighted by molar-refractivity contribution is 5.94. The van der Waals surface area contributed by atoms with Gasteiger partial charge in [-0.05, 0) is 163 Å². The molecule has 222 valence electrons. The van der Waals surface area contributed by atoms with E-state index in [9.17, 15) is 0 Å². The molecule has 0 aromatic heterocycles. The van der Waals surface area contributed by atoms with Crippen molar-refractivity contribution in [1.82, 2.24) is 0 Å². The molecule has 0 radical (unpaired) electrons. The Morgan fingerprint density at radius 1 is 0.837 bits per heavy atom. The van der Waals surface area contributed by atoms with E-state index in [0.29, 0.717) is 5.92 Å². The van der Waals surface area contributed by atoms with Gasteiger partial charge in [0.15, 0.2) is 0 Å². The van der Waals surface area contributed by atoms with Crippen molar-refractivity contribution in [3.8, 4) is 11.1 Å². The quantitative estimate of drug-likeness (QED) is 0.260. The molecule has 7 rings (SSSR count). The molecule has 0 nitrogen and oxygen atoms in total. The summed E-state index contributed by atoms with van der Waals surface area (Å²) in [6, 6.07) is 19.0. The van der Waals surface area contributed by atoms with Crippen molar-refractivity contribution < 1.29 is 0 Å². The summed E-state index contributed by atoms with van der Waals surface area (Å²) in [5.41, 5.74) is 18.7. The van der Waals surface area contributed by atoms with Crippen LogP contribution < -0.4 is 0 Å². The lowest BCUT2D eigenvalue weighted by atomic mass is 9.72. The molecule has 3 atom stereocenters. The van der Waals surface area contributed by atoms with E-state index in [1.807, 2.05) is 0 Å². The number of aryl methyl sites for hydroxylation is 2. The third-order valence-corrected chi connectivity index (χ3v) is 11.6. The molecule has 2 saturated carbocycles. The van der Waals surface area contributed by atoms with Crippen molar-refractivity contribution in [2.24, 2.45) is 23.7 Å². The standard InChI is InChI=1S/C43H50/c1-26(2)19-39-29(5)21-37-23-36(25-41(37)43(39)33-10-7-27(3)8-11-33)35-17-18-38-30(6)22-40(42(38)24-35)32-15-13-31(14-16-32)34-12-9-28(4)20-34/h7-8,10-11,17-18,21-24,28,30-32,34H,1,9,12-16,19-20,25H2,2-6H3/t28?,30?,31?,32?,34-/m0/s1. The van der Waals surface area contributed by atoms with Crippen LogP contribution in [0.1, 0.15) is 116 Å². The summed E-state index contributed by atoms with van der Waals surface area (Å²) in [5.74, 6) is 4.21. The Bertz CT molecular complexity index is 1620. The van der Waals surface area contributed by atoms with E-state index >= 15 is 0 Å². The highest BCUT2D eigenvalue weighted by atomic mass is 14.4. The van der Waals surface area contributed by atoms with Crippen LogP contribution in [-0.4, -0.2) is 0 Å². The van der Waals surface area contributed by atoms with E-state index in [4.69, 9.17) is 0 Å². The molecule has 4 aliphatic rings. The van der Waals surface area contributed by atoms with E-state index in [-0.39, 0.29) is 0 Å². The zero-order valence-corrected chi connectivity index (χ0v) is 27.2. The molecular formula is C43H50.